The summed E-state index contributed by atoms with van der Waals surface area (Å²) < 4.78 is 28.6. The third-order valence-electron chi connectivity index (χ3n) is 4.74. The Morgan fingerprint density at radius 2 is 1.71 bits per heavy atom. The second-order valence-corrected chi connectivity index (χ2v) is 10.4. The summed E-state index contributed by atoms with van der Waals surface area (Å²) in [4.78, 5) is 12.9. The fraction of sp³-hybridized carbons (Fsp3) is 0.174. The fourth-order valence-electron chi connectivity index (χ4n) is 3.02. The van der Waals surface area contributed by atoms with Gasteiger partial charge in [-0.05, 0) is 66.9 Å². The van der Waals surface area contributed by atoms with Gasteiger partial charge in [0, 0.05) is 21.7 Å². The highest BCUT2D eigenvalue weighted by Gasteiger charge is 2.27. The van der Waals surface area contributed by atoms with Crippen LogP contribution >= 0.6 is 27.5 Å². The van der Waals surface area contributed by atoms with Crippen molar-refractivity contribution < 1.29 is 13.2 Å². The fourth-order valence-corrected chi connectivity index (χ4v) is 4.85. The number of aryl methyl sites for hydroxylation is 2. The van der Waals surface area contributed by atoms with Gasteiger partial charge in [0.2, 0.25) is 15.9 Å². The van der Waals surface area contributed by atoms with Crippen molar-refractivity contribution >= 4 is 49.1 Å². The molecular weight excluding hydrogens is 500 g/mol. The van der Waals surface area contributed by atoms with Crippen LogP contribution in [0.15, 0.2) is 76.1 Å². The molecule has 0 spiro atoms. The maximum Gasteiger partial charge on any atom is 0.243 e. The van der Waals surface area contributed by atoms with E-state index in [0.29, 0.717) is 16.3 Å². The van der Waals surface area contributed by atoms with E-state index in [-0.39, 0.29) is 18.0 Å². The van der Waals surface area contributed by atoms with Gasteiger partial charge in [-0.3, -0.25) is 4.79 Å². The number of nitrogens with zero attached hydrogens (tertiary/aromatic N) is 1. The molecule has 1 amide bonds. The van der Waals surface area contributed by atoms with Gasteiger partial charge in [-0.1, -0.05) is 57.9 Å². The number of carbonyl (C=O) groups is 1. The lowest BCUT2D eigenvalue weighted by Gasteiger charge is -2.23. The molecule has 0 bridgehead atoms. The minimum atomic E-state index is -3.95. The Kier molecular flexibility index (Phi) is 7.54. The summed E-state index contributed by atoms with van der Waals surface area (Å²) in [6, 6.07) is 19.0. The van der Waals surface area contributed by atoms with Gasteiger partial charge < -0.3 is 5.32 Å². The Morgan fingerprint density at radius 1 is 1.03 bits per heavy atom. The van der Waals surface area contributed by atoms with Crippen molar-refractivity contribution in [1.29, 1.82) is 0 Å². The molecule has 0 unspecified atom stereocenters. The highest BCUT2D eigenvalue weighted by molar-refractivity contribution is 9.10. The molecule has 0 radical (unpaired) electrons. The highest BCUT2D eigenvalue weighted by atomic mass is 79.9. The summed E-state index contributed by atoms with van der Waals surface area (Å²) in [7, 11) is -3.95. The van der Waals surface area contributed by atoms with Gasteiger partial charge in [0.1, 0.15) is 0 Å². The van der Waals surface area contributed by atoms with Crippen molar-refractivity contribution in [2.45, 2.75) is 25.3 Å². The van der Waals surface area contributed by atoms with E-state index in [9.17, 15) is 13.2 Å². The van der Waals surface area contributed by atoms with Crippen LogP contribution in [0.2, 0.25) is 5.02 Å². The number of sulfonamides is 1. The van der Waals surface area contributed by atoms with Gasteiger partial charge in [-0.2, -0.15) is 4.31 Å². The van der Waals surface area contributed by atoms with Gasteiger partial charge >= 0.3 is 0 Å². The van der Waals surface area contributed by atoms with Crippen molar-refractivity contribution in [3.63, 3.8) is 0 Å². The van der Waals surface area contributed by atoms with Crippen LogP contribution in [0.1, 0.15) is 16.7 Å². The van der Waals surface area contributed by atoms with Crippen LogP contribution in [0.3, 0.4) is 0 Å². The van der Waals surface area contributed by atoms with E-state index in [2.05, 4.69) is 21.2 Å². The summed E-state index contributed by atoms with van der Waals surface area (Å²) in [5.41, 5.74) is 3.16. The molecule has 0 aromatic heterocycles. The van der Waals surface area contributed by atoms with Crippen LogP contribution < -0.4 is 5.32 Å². The molecular formula is C23H22BrClN2O3S. The average Bonchev–Trinajstić information content (AvgIpc) is 2.72. The molecule has 5 nitrogen and oxygen atoms in total. The number of nitrogens with one attached hydrogen (secondary N) is 1. The summed E-state index contributed by atoms with van der Waals surface area (Å²) >= 11 is 9.57. The van der Waals surface area contributed by atoms with E-state index < -0.39 is 15.9 Å². The Hall–Kier alpha value is -2.19. The van der Waals surface area contributed by atoms with Crippen molar-refractivity contribution in [3.8, 4) is 0 Å². The zero-order valence-electron chi connectivity index (χ0n) is 17.1. The van der Waals surface area contributed by atoms with E-state index in [0.717, 1.165) is 19.9 Å². The highest BCUT2D eigenvalue weighted by Crippen LogP contribution is 2.24. The number of anilines is 1. The first-order valence-corrected chi connectivity index (χ1v) is 12.1. The summed E-state index contributed by atoms with van der Waals surface area (Å²) in [6.07, 6.45) is 0. The second kappa shape index (κ2) is 9.96. The molecule has 0 aliphatic rings. The molecule has 0 heterocycles. The number of amides is 1. The van der Waals surface area contributed by atoms with Crippen LogP contribution in [-0.4, -0.2) is 25.2 Å². The first-order chi connectivity index (χ1) is 14.7. The van der Waals surface area contributed by atoms with E-state index in [4.69, 9.17) is 11.6 Å². The number of halogens is 2. The topological polar surface area (TPSA) is 66.5 Å². The largest absolute Gasteiger partial charge is 0.325 e. The third kappa shape index (κ3) is 5.95. The zero-order valence-corrected chi connectivity index (χ0v) is 20.3. The van der Waals surface area contributed by atoms with Crippen molar-refractivity contribution in [3.05, 3.63) is 92.9 Å². The van der Waals surface area contributed by atoms with Gasteiger partial charge in [-0.15, -0.1) is 0 Å². The molecule has 0 aliphatic heterocycles. The van der Waals surface area contributed by atoms with E-state index >= 15 is 0 Å². The van der Waals surface area contributed by atoms with Crippen LogP contribution in [0, 0.1) is 13.8 Å². The number of benzene rings is 3. The SMILES string of the molecule is Cc1ccc(C)c(NC(=O)CN(Cc2ccccc2Cl)S(=O)(=O)c2ccc(Br)cc2)c1. The summed E-state index contributed by atoms with van der Waals surface area (Å²) in [6.45, 7) is 3.43. The standard InChI is InChI=1S/C23H22BrClN2O3S/c1-16-7-8-17(2)22(13-16)26-23(28)15-27(14-18-5-3-4-6-21(18)25)31(29,30)20-11-9-19(24)10-12-20/h3-13H,14-15H2,1-2H3,(H,26,28). The lowest BCUT2D eigenvalue weighted by Crippen LogP contribution is -2.37. The molecule has 0 saturated heterocycles. The lowest BCUT2D eigenvalue weighted by atomic mass is 10.1. The first-order valence-electron chi connectivity index (χ1n) is 9.53. The van der Waals surface area contributed by atoms with Crippen LogP contribution in [0.5, 0.6) is 0 Å². The zero-order chi connectivity index (χ0) is 22.6. The molecule has 0 atom stereocenters. The molecule has 3 aromatic carbocycles. The van der Waals surface area contributed by atoms with Crippen molar-refractivity contribution in [1.82, 2.24) is 4.31 Å². The molecule has 1 N–H and O–H groups in total. The quantitative estimate of drug-likeness (QED) is 0.443. The molecule has 0 saturated carbocycles. The number of hydrogen-bond donors (Lipinski definition) is 1. The van der Waals surface area contributed by atoms with E-state index in [1.54, 1.807) is 36.4 Å². The van der Waals surface area contributed by atoms with Gasteiger partial charge in [0.05, 0.1) is 11.4 Å². The normalized spacial score (nSPS) is 11.5. The van der Waals surface area contributed by atoms with Gasteiger partial charge in [0.25, 0.3) is 0 Å². The van der Waals surface area contributed by atoms with Crippen LogP contribution in [-0.2, 0) is 21.4 Å². The summed E-state index contributed by atoms with van der Waals surface area (Å²) in [5, 5.41) is 3.27. The maximum atomic E-state index is 13.4. The van der Waals surface area contributed by atoms with Crippen molar-refractivity contribution in [2.24, 2.45) is 0 Å². The smallest absolute Gasteiger partial charge is 0.243 e. The minimum absolute atomic E-state index is 0.0295. The number of hydrogen-bond acceptors (Lipinski definition) is 3. The van der Waals surface area contributed by atoms with Gasteiger partial charge in [0.15, 0.2) is 0 Å². The minimum Gasteiger partial charge on any atom is -0.325 e. The Bertz CT molecular complexity index is 1200. The molecule has 31 heavy (non-hydrogen) atoms. The third-order valence-corrected chi connectivity index (χ3v) is 7.45. The predicted octanol–water partition coefficient (Wildman–Crippen LogP) is 5.55. The Morgan fingerprint density at radius 3 is 2.39 bits per heavy atom. The van der Waals surface area contributed by atoms with E-state index in [1.807, 2.05) is 32.0 Å². The average molecular weight is 522 g/mol. The Balaban J connectivity index is 1.91. The molecule has 3 aromatic rings. The monoisotopic (exact) mass is 520 g/mol. The molecule has 0 aliphatic carbocycles. The summed E-state index contributed by atoms with van der Waals surface area (Å²) in [5.74, 6) is -0.429. The maximum absolute atomic E-state index is 13.4. The molecule has 8 heteroatoms. The number of carbonyl (C=O) groups excluding carboxylic acids is 1. The predicted molar refractivity (Wildman–Crippen MR) is 128 cm³/mol. The van der Waals surface area contributed by atoms with Crippen LogP contribution in [0.25, 0.3) is 0 Å². The molecule has 162 valence electrons. The molecule has 0 fully saturated rings. The number of rotatable bonds is 7. The Labute approximate surface area is 196 Å². The van der Waals surface area contributed by atoms with Gasteiger partial charge in [-0.25, -0.2) is 8.42 Å². The van der Waals surface area contributed by atoms with Crippen LogP contribution in [0.4, 0.5) is 5.69 Å². The molecule has 3 rings (SSSR count). The lowest BCUT2D eigenvalue weighted by molar-refractivity contribution is -0.116. The first kappa shape index (κ1) is 23.5. The second-order valence-electron chi connectivity index (χ2n) is 7.18. The van der Waals surface area contributed by atoms with Crippen molar-refractivity contribution in [2.75, 3.05) is 11.9 Å². The van der Waals surface area contributed by atoms with E-state index in [1.165, 1.54) is 12.1 Å².